The van der Waals surface area contributed by atoms with E-state index in [9.17, 15) is 14.0 Å². The standard InChI is InChI=1S/C25H34FN7O3/c1-5-16-9-6-7-12-33(16)20(34)13-19(29-25-31-22(14(2)3)32-36-25)24(35)27-15(4)23-28-18-11-8-10-17(26)21(18)30-23/h8,10-11,14-16,19H,5-7,9,12-13H2,1-4H3,(H,27,35)(H,28,30)(H,29,31,32)/t15-,16?,19?/m0/s1. The van der Waals surface area contributed by atoms with Gasteiger partial charge in [0.15, 0.2) is 11.6 Å². The summed E-state index contributed by atoms with van der Waals surface area (Å²) in [5.41, 5.74) is 0.750. The fourth-order valence-corrected chi connectivity index (χ4v) is 4.54. The summed E-state index contributed by atoms with van der Waals surface area (Å²) in [6.07, 6.45) is 3.82. The lowest BCUT2D eigenvalue weighted by atomic mass is 9.99. The largest absolute Gasteiger partial charge is 0.345 e. The number of halogens is 1. The second-order valence-electron chi connectivity index (χ2n) is 9.65. The van der Waals surface area contributed by atoms with Gasteiger partial charge >= 0.3 is 6.01 Å². The Morgan fingerprint density at radius 3 is 2.75 bits per heavy atom. The first-order valence-corrected chi connectivity index (χ1v) is 12.6. The summed E-state index contributed by atoms with van der Waals surface area (Å²) in [5.74, 6) is -0.00554. The molecule has 3 heterocycles. The van der Waals surface area contributed by atoms with Crippen molar-refractivity contribution < 1.29 is 18.5 Å². The lowest BCUT2D eigenvalue weighted by Crippen LogP contribution is -2.48. The van der Waals surface area contributed by atoms with E-state index in [1.54, 1.807) is 19.1 Å². The topological polar surface area (TPSA) is 129 Å². The number of aromatic amines is 1. The highest BCUT2D eigenvalue weighted by molar-refractivity contribution is 5.90. The van der Waals surface area contributed by atoms with Crippen LogP contribution in [0.25, 0.3) is 11.0 Å². The van der Waals surface area contributed by atoms with Crippen molar-refractivity contribution in [3.8, 4) is 0 Å². The van der Waals surface area contributed by atoms with E-state index in [0.717, 1.165) is 25.7 Å². The van der Waals surface area contributed by atoms with Gasteiger partial charge in [-0.15, -0.1) is 0 Å². The molecule has 10 nitrogen and oxygen atoms in total. The maximum Gasteiger partial charge on any atom is 0.322 e. The van der Waals surface area contributed by atoms with Crippen molar-refractivity contribution in [3.05, 3.63) is 35.7 Å². The number of fused-ring (bicyclic) bond motifs is 1. The van der Waals surface area contributed by atoms with Crippen LogP contribution in [0.15, 0.2) is 22.7 Å². The van der Waals surface area contributed by atoms with Crippen LogP contribution in [0.1, 0.15) is 83.4 Å². The minimum absolute atomic E-state index is 0.0466. The van der Waals surface area contributed by atoms with Crippen LogP contribution in [-0.2, 0) is 9.59 Å². The maximum atomic E-state index is 14.1. The smallest absolute Gasteiger partial charge is 0.322 e. The molecule has 4 rings (SSSR count). The van der Waals surface area contributed by atoms with Crippen LogP contribution in [0.4, 0.5) is 10.4 Å². The number of nitrogens with one attached hydrogen (secondary N) is 3. The molecule has 2 amide bonds. The molecule has 0 saturated carbocycles. The molecule has 1 saturated heterocycles. The number of hydrogen-bond acceptors (Lipinski definition) is 7. The predicted molar refractivity (Wildman–Crippen MR) is 133 cm³/mol. The van der Waals surface area contributed by atoms with E-state index >= 15 is 0 Å². The molecule has 2 unspecified atom stereocenters. The zero-order valence-corrected chi connectivity index (χ0v) is 21.2. The van der Waals surface area contributed by atoms with Gasteiger partial charge in [0.1, 0.15) is 17.4 Å². The van der Waals surface area contributed by atoms with Crippen molar-refractivity contribution in [3.63, 3.8) is 0 Å². The minimum atomic E-state index is -0.944. The van der Waals surface area contributed by atoms with E-state index in [1.807, 2.05) is 18.7 Å². The average Bonchev–Trinajstić information content (AvgIpc) is 3.52. The molecular formula is C25H34FN7O3. The molecule has 11 heteroatoms. The minimum Gasteiger partial charge on any atom is -0.345 e. The number of hydrogen-bond donors (Lipinski definition) is 3. The number of piperidine rings is 1. The molecule has 0 aliphatic carbocycles. The van der Waals surface area contributed by atoms with Crippen LogP contribution < -0.4 is 10.6 Å². The number of para-hydroxylation sites is 1. The normalized spacial score (nSPS) is 17.8. The van der Waals surface area contributed by atoms with Gasteiger partial charge in [-0.25, -0.2) is 9.37 Å². The molecule has 3 N–H and O–H groups in total. The Balaban J connectivity index is 1.52. The number of H-pyrrole nitrogens is 1. The Kier molecular flexibility index (Phi) is 7.85. The maximum absolute atomic E-state index is 14.1. The number of benzene rings is 1. The molecule has 3 aromatic rings. The molecule has 1 aromatic carbocycles. The monoisotopic (exact) mass is 499 g/mol. The Hall–Kier alpha value is -3.50. The third-order valence-corrected chi connectivity index (χ3v) is 6.62. The second-order valence-corrected chi connectivity index (χ2v) is 9.65. The molecule has 36 heavy (non-hydrogen) atoms. The molecule has 3 atom stereocenters. The summed E-state index contributed by atoms with van der Waals surface area (Å²) in [4.78, 5) is 40.2. The van der Waals surface area contributed by atoms with Gasteiger partial charge in [-0.3, -0.25) is 9.59 Å². The SMILES string of the molecule is CCC1CCCCN1C(=O)CC(Nc1nc(C(C)C)no1)C(=O)N[C@@H](C)c1nc2c(F)cccc2[nH]1. The van der Waals surface area contributed by atoms with Crippen LogP contribution in [0.5, 0.6) is 0 Å². The molecule has 1 fully saturated rings. The van der Waals surface area contributed by atoms with E-state index in [0.29, 0.717) is 23.7 Å². The lowest BCUT2D eigenvalue weighted by molar-refractivity contribution is -0.137. The summed E-state index contributed by atoms with van der Waals surface area (Å²) < 4.78 is 19.4. The van der Waals surface area contributed by atoms with E-state index < -0.39 is 23.8 Å². The van der Waals surface area contributed by atoms with Crippen molar-refractivity contribution in [1.29, 1.82) is 0 Å². The van der Waals surface area contributed by atoms with E-state index in [-0.39, 0.29) is 35.8 Å². The highest BCUT2D eigenvalue weighted by Crippen LogP contribution is 2.23. The number of rotatable bonds is 9. The van der Waals surface area contributed by atoms with Gasteiger partial charge in [0.2, 0.25) is 11.8 Å². The van der Waals surface area contributed by atoms with Gasteiger partial charge < -0.3 is 25.0 Å². The average molecular weight is 500 g/mol. The molecule has 0 radical (unpaired) electrons. The fraction of sp³-hybridized carbons (Fsp3) is 0.560. The summed E-state index contributed by atoms with van der Waals surface area (Å²) in [6.45, 7) is 8.36. The van der Waals surface area contributed by atoms with Gasteiger partial charge in [-0.1, -0.05) is 32.0 Å². The highest BCUT2D eigenvalue weighted by atomic mass is 19.1. The van der Waals surface area contributed by atoms with Crippen LogP contribution >= 0.6 is 0 Å². The first kappa shape index (κ1) is 25.6. The van der Waals surface area contributed by atoms with Crippen molar-refractivity contribution in [2.75, 3.05) is 11.9 Å². The zero-order valence-electron chi connectivity index (χ0n) is 21.2. The fourth-order valence-electron chi connectivity index (χ4n) is 4.54. The molecule has 2 aromatic heterocycles. The number of amides is 2. The van der Waals surface area contributed by atoms with Gasteiger partial charge in [-0.05, 0) is 44.7 Å². The lowest BCUT2D eigenvalue weighted by Gasteiger charge is -2.36. The molecular weight excluding hydrogens is 465 g/mol. The van der Waals surface area contributed by atoms with Gasteiger partial charge in [0.05, 0.1) is 18.0 Å². The van der Waals surface area contributed by atoms with Crippen molar-refractivity contribution in [2.45, 2.75) is 83.8 Å². The Morgan fingerprint density at radius 2 is 2.06 bits per heavy atom. The Bertz CT molecular complexity index is 1210. The Labute approximate surface area is 209 Å². The number of carbonyl (C=O) groups excluding carboxylic acids is 2. The number of nitrogens with zero attached hydrogens (tertiary/aromatic N) is 4. The van der Waals surface area contributed by atoms with Gasteiger partial charge in [0, 0.05) is 18.5 Å². The third kappa shape index (κ3) is 5.66. The summed E-state index contributed by atoms with van der Waals surface area (Å²) >= 11 is 0. The number of anilines is 1. The van der Waals surface area contributed by atoms with E-state index in [1.165, 1.54) is 6.07 Å². The number of likely N-dealkylation sites (tertiary alicyclic amines) is 1. The summed E-state index contributed by atoms with van der Waals surface area (Å²) in [5, 5.41) is 9.78. The van der Waals surface area contributed by atoms with Crippen LogP contribution in [0.3, 0.4) is 0 Å². The Morgan fingerprint density at radius 1 is 1.25 bits per heavy atom. The number of imidazole rings is 1. The molecule has 0 spiro atoms. The van der Waals surface area contributed by atoms with Crippen molar-refractivity contribution in [1.82, 2.24) is 30.3 Å². The first-order valence-electron chi connectivity index (χ1n) is 12.6. The van der Waals surface area contributed by atoms with Crippen LogP contribution in [0.2, 0.25) is 0 Å². The second kappa shape index (κ2) is 11.0. The molecule has 194 valence electrons. The zero-order chi connectivity index (χ0) is 25.8. The number of aromatic nitrogens is 4. The van der Waals surface area contributed by atoms with E-state index in [4.69, 9.17) is 4.52 Å². The first-order chi connectivity index (χ1) is 17.3. The quantitative estimate of drug-likeness (QED) is 0.405. The van der Waals surface area contributed by atoms with E-state index in [2.05, 4.69) is 37.7 Å². The van der Waals surface area contributed by atoms with Crippen molar-refractivity contribution >= 4 is 28.9 Å². The molecule has 1 aliphatic heterocycles. The summed E-state index contributed by atoms with van der Waals surface area (Å²) in [7, 11) is 0. The summed E-state index contributed by atoms with van der Waals surface area (Å²) in [6, 6.07) is 3.40. The highest BCUT2D eigenvalue weighted by Gasteiger charge is 2.31. The van der Waals surface area contributed by atoms with Gasteiger partial charge in [-0.2, -0.15) is 4.98 Å². The van der Waals surface area contributed by atoms with Crippen molar-refractivity contribution in [2.24, 2.45) is 0 Å². The van der Waals surface area contributed by atoms with Crippen LogP contribution in [0, 0.1) is 5.82 Å². The predicted octanol–water partition coefficient (Wildman–Crippen LogP) is 4.05. The van der Waals surface area contributed by atoms with Gasteiger partial charge in [0.25, 0.3) is 0 Å². The molecule has 0 bridgehead atoms. The molecule has 1 aliphatic rings. The number of carbonyl (C=O) groups is 2. The van der Waals surface area contributed by atoms with Crippen LogP contribution in [-0.4, -0.2) is 55.5 Å². The third-order valence-electron chi connectivity index (χ3n) is 6.62.